The topological polar surface area (TPSA) is 29.5 Å². The Morgan fingerprint density at radius 2 is 2.00 bits per heavy atom. The van der Waals surface area contributed by atoms with Crippen molar-refractivity contribution in [3.05, 3.63) is 22.8 Å². The van der Waals surface area contributed by atoms with Crippen LogP contribution in [-0.2, 0) is 6.42 Å². The normalized spacial score (nSPS) is 10.2. The van der Waals surface area contributed by atoms with E-state index in [1.54, 1.807) is 13.2 Å². The number of phenols is 1. The van der Waals surface area contributed by atoms with Gasteiger partial charge in [0.25, 0.3) is 0 Å². The molecule has 2 heteroatoms. The summed E-state index contributed by atoms with van der Waals surface area (Å²) in [7, 11) is 1.66. The minimum Gasteiger partial charge on any atom is -0.508 e. The largest absolute Gasteiger partial charge is 0.508 e. The van der Waals surface area contributed by atoms with Crippen LogP contribution in [0.5, 0.6) is 11.5 Å². The number of aromatic hydroxyl groups is 1. The van der Waals surface area contributed by atoms with Crippen LogP contribution in [-0.4, -0.2) is 12.2 Å². The van der Waals surface area contributed by atoms with E-state index in [9.17, 15) is 5.11 Å². The zero-order valence-corrected chi connectivity index (χ0v) is 8.64. The minimum atomic E-state index is 0.373. The lowest BCUT2D eigenvalue weighted by atomic mass is 10.0. The van der Waals surface area contributed by atoms with Gasteiger partial charge in [-0.15, -0.1) is 0 Å². The summed E-state index contributed by atoms with van der Waals surface area (Å²) in [5.74, 6) is 1.26. The van der Waals surface area contributed by atoms with Crippen LogP contribution in [0.25, 0.3) is 0 Å². The van der Waals surface area contributed by atoms with Crippen molar-refractivity contribution in [3.8, 4) is 11.5 Å². The number of methoxy groups -OCH3 is 1. The SMILES string of the molecule is CCc1c(O)cc(C)c(OC)c1C. The molecular weight excluding hydrogens is 164 g/mol. The average Bonchev–Trinajstić information content (AvgIpc) is 2.04. The van der Waals surface area contributed by atoms with Crippen LogP contribution in [0, 0.1) is 13.8 Å². The number of hydrogen-bond acceptors (Lipinski definition) is 2. The van der Waals surface area contributed by atoms with Gasteiger partial charge in [-0.2, -0.15) is 0 Å². The molecule has 1 rings (SSSR count). The third-order valence-corrected chi connectivity index (χ3v) is 2.37. The van der Waals surface area contributed by atoms with E-state index < -0.39 is 0 Å². The van der Waals surface area contributed by atoms with E-state index in [-0.39, 0.29) is 0 Å². The highest BCUT2D eigenvalue weighted by Crippen LogP contribution is 2.32. The van der Waals surface area contributed by atoms with Gasteiger partial charge in [0, 0.05) is 5.56 Å². The predicted molar refractivity (Wildman–Crippen MR) is 53.5 cm³/mol. The van der Waals surface area contributed by atoms with Crippen molar-refractivity contribution in [2.45, 2.75) is 27.2 Å². The second-order valence-corrected chi connectivity index (χ2v) is 3.20. The number of aryl methyl sites for hydroxylation is 1. The number of rotatable bonds is 2. The van der Waals surface area contributed by atoms with Gasteiger partial charge in [-0.05, 0) is 37.5 Å². The molecule has 0 saturated heterocycles. The van der Waals surface area contributed by atoms with Crippen LogP contribution < -0.4 is 4.74 Å². The van der Waals surface area contributed by atoms with Crippen molar-refractivity contribution in [1.82, 2.24) is 0 Å². The summed E-state index contributed by atoms with van der Waals surface area (Å²) < 4.78 is 5.26. The maximum Gasteiger partial charge on any atom is 0.125 e. The Morgan fingerprint density at radius 3 is 2.46 bits per heavy atom. The standard InChI is InChI=1S/C11H16O2/c1-5-9-8(3)11(13-4)7(2)6-10(9)12/h6,12H,5H2,1-4H3. The summed E-state index contributed by atoms with van der Waals surface area (Å²) in [6.07, 6.45) is 0.828. The summed E-state index contributed by atoms with van der Waals surface area (Å²) >= 11 is 0. The molecule has 0 aliphatic heterocycles. The van der Waals surface area contributed by atoms with Gasteiger partial charge in [0.2, 0.25) is 0 Å². The lowest BCUT2D eigenvalue weighted by molar-refractivity contribution is 0.404. The highest BCUT2D eigenvalue weighted by atomic mass is 16.5. The molecule has 13 heavy (non-hydrogen) atoms. The molecule has 0 bridgehead atoms. The first-order valence-electron chi connectivity index (χ1n) is 4.47. The molecule has 0 unspecified atom stereocenters. The van der Waals surface area contributed by atoms with Crippen LogP contribution in [0.1, 0.15) is 23.6 Å². The van der Waals surface area contributed by atoms with E-state index in [1.807, 2.05) is 20.8 Å². The van der Waals surface area contributed by atoms with E-state index in [4.69, 9.17) is 4.74 Å². The summed E-state index contributed by atoms with van der Waals surface area (Å²) in [4.78, 5) is 0. The van der Waals surface area contributed by atoms with Gasteiger partial charge in [0.15, 0.2) is 0 Å². The fourth-order valence-electron chi connectivity index (χ4n) is 1.74. The van der Waals surface area contributed by atoms with Gasteiger partial charge in [0.1, 0.15) is 11.5 Å². The van der Waals surface area contributed by atoms with Gasteiger partial charge in [-0.1, -0.05) is 6.92 Å². The monoisotopic (exact) mass is 180 g/mol. The zero-order valence-electron chi connectivity index (χ0n) is 8.64. The van der Waals surface area contributed by atoms with E-state index in [0.29, 0.717) is 5.75 Å². The Kier molecular flexibility index (Phi) is 2.81. The fourth-order valence-corrected chi connectivity index (χ4v) is 1.74. The lowest BCUT2D eigenvalue weighted by Crippen LogP contribution is -1.96. The van der Waals surface area contributed by atoms with Gasteiger partial charge in [-0.3, -0.25) is 0 Å². The summed E-state index contributed by atoms with van der Waals surface area (Å²) in [5.41, 5.74) is 3.00. The van der Waals surface area contributed by atoms with E-state index >= 15 is 0 Å². The molecule has 0 atom stereocenters. The fraction of sp³-hybridized carbons (Fsp3) is 0.455. The molecule has 1 aromatic carbocycles. The minimum absolute atomic E-state index is 0.373. The first-order chi connectivity index (χ1) is 6.11. The molecule has 0 heterocycles. The number of hydrogen-bond donors (Lipinski definition) is 1. The van der Waals surface area contributed by atoms with E-state index in [1.165, 1.54) is 0 Å². The van der Waals surface area contributed by atoms with Gasteiger partial charge >= 0.3 is 0 Å². The molecule has 0 fully saturated rings. The van der Waals surface area contributed by atoms with Crippen molar-refractivity contribution in [3.63, 3.8) is 0 Å². The van der Waals surface area contributed by atoms with Gasteiger partial charge < -0.3 is 9.84 Å². The lowest BCUT2D eigenvalue weighted by Gasteiger charge is -2.13. The van der Waals surface area contributed by atoms with Crippen LogP contribution in [0.15, 0.2) is 6.07 Å². The van der Waals surface area contributed by atoms with Crippen LogP contribution in [0.2, 0.25) is 0 Å². The third kappa shape index (κ3) is 1.62. The number of benzene rings is 1. The molecule has 0 radical (unpaired) electrons. The van der Waals surface area contributed by atoms with E-state index in [0.717, 1.165) is 28.9 Å². The molecule has 1 aromatic rings. The molecule has 0 aliphatic carbocycles. The second kappa shape index (κ2) is 3.69. The number of ether oxygens (including phenoxy) is 1. The molecule has 0 amide bonds. The quantitative estimate of drug-likeness (QED) is 0.758. The molecule has 1 N–H and O–H groups in total. The average molecular weight is 180 g/mol. The summed E-state index contributed by atoms with van der Waals surface area (Å²) in [5, 5.41) is 9.64. The third-order valence-electron chi connectivity index (χ3n) is 2.37. The molecule has 0 saturated carbocycles. The molecule has 0 aromatic heterocycles. The van der Waals surface area contributed by atoms with Crippen molar-refractivity contribution in [2.24, 2.45) is 0 Å². The summed E-state index contributed by atoms with van der Waals surface area (Å²) in [6.45, 7) is 5.94. The number of phenolic OH excluding ortho intramolecular Hbond substituents is 1. The van der Waals surface area contributed by atoms with Crippen molar-refractivity contribution in [2.75, 3.05) is 7.11 Å². The van der Waals surface area contributed by atoms with E-state index in [2.05, 4.69) is 0 Å². The maximum atomic E-state index is 9.64. The maximum absolute atomic E-state index is 9.64. The predicted octanol–water partition coefficient (Wildman–Crippen LogP) is 2.58. The van der Waals surface area contributed by atoms with Crippen molar-refractivity contribution in [1.29, 1.82) is 0 Å². The molecule has 72 valence electrons. The Morgan fingerprint density at radius 1 is 1.38 bits per heavy atom. The Bertz CT molecular complexity index is 288. The molecule has 0 spiro atoms. The molecule has 2 nitrogen and oxygen atoms in total. The molecule has 0 aliphatic rings. The van der Waals surface area contributed by atoms with Crippen molar-refractivity contribution >= 4 is 0 Å². The first-order valence-corrected chi connectivity index (χ1v) is 4.47. The van der Waals surface area contributed by atoms with Crippen LogP contribution in [0.3, 0.4) is 0 Å². The highest BCUT2D eigenvalue weighted by molar-refractivity contribution is 5.52. The summed E-state index contributed by atoms with van der Waals surface area (Å²) in [6, 6.07) is 1.75. The Labute approximate surface area is 79.2 Å². The van der Waals surface area contributed by atoms with Crippen molar-refractivity contribution < 1.29 is 9.84 Å². The highest BCUT2D eigenvalue weighted by Gasteiger charge is 2.11. The first kappa shape index (κ1) is 9.90. The zero-order chi connectivity index (χ0) is 10.0. The van der Waals surface area contributed by atoms with Gasteiger partial charge in [0.05, 0.1) is 7.11 Å². The molecular formula is C11H16O2. The van der Waals surface area contributed by atoms with Gasteiger partial charge in [-0.25, -0.2) is 0 Å². The van der Waals surface area contributed by atoms with Crippen LogP contribution in [0.4, 0.5) is 0 Å². The second-order valence-electron chi connectivity index (χ2n) is 3.20. The van der Waals surface area contributed by atoms with Crippen LogP contribution >= 0.6 is 0 Å². The Balaban J connectivity index is 3.39. The Hall–Kier alpha value is -1.18. The smallest absolute Gasteiger partial charge is 0.125 e.